The molecule has 2 aromatic rings. The van der Waals surface area contributed by atoms with Gasteiger partial charge in [0.25, 0.3) is 0 Å². The molecule has 0 atom stereocenters. The van der Waals surface area contributed by atoms with Crippen molar-refractivity contribution in [3.05, 3.63) is 48.0 Å². The molecule has 0 heterocycles. The third-order valence-corrected chi connectivity index (χ3v) is 4.27. The molecule has 0 amide bonds. The molecular weight excluding hydrogens is 200 g/mol. The van der Waals surface area contributed by atoms with Crippen molar-refractivity contribution in [1.29, 1.82) is 0 Å². The van der Waals surface area contributed by atoms with E-state index in [0.717, 1.165) is 5.25 Å². The SMILES string of the molecule is c1ccc2cc(CSC3CC3)ccc2c1. The van der Waals surface area contributed by atoms with Crippen LogP contribution in [0.1, 0.15) is 18.4 Å². The van der Waals surface area contributed by atoms with Crippen molar-refractivity contribution in [1.82, 2.24) is 0 Å². The maximum Gasteiger partial charge on any atom is 0.0187 e. The van der Waals surface area contributed by atoms with Crippen LogP contribution >= 0.6 is 11.8 Å². The Hall–Kier alpha value is -0.950. The fraction of sp³-hybridized carbons (Fsp3) is 0.286. The summed E-state index contributed by atoms with van der Waals surface area (Å²) in [6.45, 7) is 0. The first-order valence-corrected chi connectivity index (χ1v) is 6.56. The topological polar surface area (TPSA) is 0 Å². The van der Waals surface area contributed by atoms with Crippen LogP contribution in [0.15, 0.2) is 42.5 Å². The Morgan fingerprint density at radius 2 is 1.80 bits per heavy atom. The molecule has 0 nitrogen and oxygen atoms in total. The molecule has 1 heteroatoms. The summed E-state index contributed by atoms with van der Waals surface area (Å²) in [6, 6.07) is 15.4. The number of hydrogen-bond donors (Lipinski definition) is 0. The van der Waals surface area contributed by atoms with Crippen LogP contribution < -0.4 is 0 Å². The molecule has 0 N–H and O–H groups in total. The molecule has 0 saturated heterocycles. The van der Waals surface area contributed by atoms with Gasteiger partial charge in [0.2, 0.25) is 0 Å². The Kier molecular flexibility index (Phi) is 2.41. The maximum atomic E-state index is 2.32. The molecule has 0 unspecified atom stereocenters. The Labute approximate surface area is 94.7 Å². The molecule has 0 radical (unpaired) electrons. The van der Waals surface area contributed by atoms with Crippen LogP contribution in [0.4, 0.5) is 0 Å². The van der Waals surface area contributed by atoms with Crippen molar-refractivity contribution in [2.75, 3.05) is 0 Å². The Balaban J connectivity index is 1.84. The molecule has 1 aliphatic carbocycles. The van der Waals surface area contributed by atoms with Crippen LogP contribution in [-0.2, 0) is 5.75 Å². The predicted molar refractivity (Wildman–Crippen MR) is 68.3 cm³/mol. The molecule has 1 aliphatic rings. The van der Waals surface area contributed by atoms with Gasteiger partial charge in [0.15, 0.2) is 0 Å². The van der Waals surface area contributed by atoms with Gasteiger partial charge in [-0.3, -0.25) is 0 Å². The largest absolute Gasteiger partial charge is 0.154 e. The van der Waals surface area contributed by atoms with E-state index in [1.807, 2.05) is 0 Å². The fourth-order valence-electron chi connectivity index (χ4n) is 1.78. The summed E-state index contributed by atoms with van der Waals surface area (Å²) in [5, 5.41) is 3.67. The number of rotatable bonds is 3. The van der Waals surface area contributed by atoms with E-state index >= 15 is 0 Å². The molecule has 1 fully saturated rings. The minimum atomic E-state index is 0.955. The quantitative estimate of drug-likeness (QED) is 0.736. The highest BCUT2D eigenvalue weighted by Crippen LogP contribution is 2.36. The minimum absolute atomic E-state index is 0.955. The lowest BCUT2D eigenvalue weighted by Crippen LogP contribution is -1.82. The summed E-state index contributed by atoms with van der Waals surface area (Å²) >= 11 is 2.10. The van der Waals surface area contributed by atoms with E-state index in [-0.39, 0.29) is 0 Å². The van der Waals surface area contributed by atoms with Gasteiger partial charge in [-0.2, -0.15) is 11.8 Å². The molecular formula is C14H14S. The highest BCUT2D eigenvalue weighted by atomic mass is 32.2. The van der Waals surface area contributed by atoms with Crippen molar-refractivity contribution >= 4 is 22.5 Å². The van der Waals surface area contributed by atoms with E-state index in [2.05, 4.69) is 54.2 Å². The smallest absolute Gasteiger partial charge is 0.0187 e. The first-order valence-electron chi connectivity index (χ1n) is 5.51. The van der Waals surface area contributed by atoms with Gasteiger partial charge < -0.3 is 0 Å². The summed E-state index contributed by atoms with van der Waals surface area (Å²) in [4.78, 5) is 0. The van der Waals surface area contributed by atoms with Gasteiger partial charge in [0.1, 0.15) is 0 Å². The Bertz CT molecular complexity index is 471. The first kappa shape index (κ1) is 9.29. The zero-order chi connectivity index (χ0) is 10.1. The lowest BCUT2D eigenvalue weighted by Gasteiger charge is -2.02. The summed E-state index contributed by atoms with van der Waals surface area (Å²) < 4.78 is 0. The molecule has 2 aromatic carbocycles. The number of hydrogen-bond acceptors (Lipinski definition) is 1. The van der Waals surface area contributed by atoms with E-state index in [4.69, 9.17) is 0 Å². The molecule has 0 bridgehead atoms. The van der Waals surface area contributed by atoms with E-state index < -0.39 is 0 Å². The van der Waals surface area contributed by atoms with Gasteiger partial charge in [-0.1, -0.05) is 42.5 Å². The van der Waals surface area contributed by atoms with Crippen LogP contribution in [0.3, 0.4) is 0 Å². The molecule has 3 rings (SSSR count). The molecule has 1 saturated carbocycles. The second-order valence-corrected chi connectivity index (χ2v) is 5.48. The lowest BCUT2D eigenvalue weighted by atomic mass is 10.1. The zero-order valence-electron chi connectivity index (χ0n) is 8.65. The minimum Gasteiger partial charge on any atom is -0.154 e. The van der Waals surface area contributed by atoms with Crippen LogP contribution in [0, 0.1) is 0 Å². The van der Waals surface area contributed by atoms with Gasteiger partial charge in [0, 0.05) is 11.0 Å². The summed E-state index contributed by atoms with van der Waals surface area (Å²) in [7, 11) is 0. The third-order valence-electron chi connectivity index (χ3n) is 2.82. The van der Waals surface area contributed by atoms with E-state index in [1.54, 1.807) is 0 Å². The van der Waals surface area contributed by atoms with Crippen LogP contribution in [0.5, 0.6) is 0 Å². The number of benzene rings is 2. The number of fused-ring (bicyclic) bond motifs is 1. The van der Waals surface area contributed by atoms with Gasteiger partial charge in [-0.25, -0.2) is 0 Å². The average Bonchev–Trinajstić information content (AvgIpc) is 3.10. The van der Waals surface area contributed by atoms with Gasteiger partial charge in [-0.15, -0.1) is 0 Å². The molecule has 15 heavy (non-hydrogen) atoms. The molecule has 76 valence electrons. The average molecular weight is 214 g/mol. The lowest BCUT2D eigenvalue weighted by molar-refractivity contribution is 1.40. The Morgan fingerprint density at radius 3 is 2.60 bits per heavy atom. The van der Waals surface area contributed by atoms with Gasteiger partial charge in [-0.05, 0) is 29.2 Å². The van der Waals surface area contributed by atoms with E-state index in [1.165, 1.54) is 34.9 Å². The van der Waals surface area contributed by atoms with Crippen molar-refractivity contribution in [3.63, 3.8) is 0 Å². The van der Waals surface area contributed by atoms with E-state index in [9.17, 15) is 0 Å². The fourth-order valence-corrected chi connectivity index (χ4v) is 2.85. The van der Waals surface area contributed by atoms with Crippen molar-refractivity contribution in [2.45, 2.75) is 23.8 Å². The normalized spacial score (nSPS) is 15.7. The summed E-state index contributed by atoms with van der Waals surface area (Å²) in [5.74, 6) is 1.18. The molecule has 0 spiro atoms. The van der Waals surface area contributed by atoms with Crippen LogP contribution in [0.2, 0.25) is 0 Å². The van der Waals surface area contributed by atoms with Crippen molar-refractivity contribution in [3.8, 4) is 0 Å². The van der Waals surface area contributed by atoms with Crippen LogP contribution in [-0.4, -0.2) is 5.25 Å². The molecule has 0 aromatic heterocycles. The van der Waals surface area contributed by atoms with E-state index in [0.29, 0.717) is 0 Å². The standard InChI is InChI=1S/C14H14S/c1-2-4-13-9-11(5-6-12(13)3-1)10-15-14-7-8-14/h1-6,9,14H,7-8,10H2. The predicted octanol–water partition coefficient (Wildman–Crippen LogP) is 4.24. The highest BCUT2D eigenvalue weighted by molar-refractivity contribution is 7.99. The first-order chi connectivity index (χ1) is 7.42. The summed E-state index contributed by atoms with van der Waals surface area (Å²) in [5.41, 5.74) is 1.46. The Morgan fingerprint density at radius 1 is 1.00 bits per heavy atom. The van der Waals surface area contributed by atoms with Gasteiger partial charge in [0.05, 0.1) is 0 Å². The third kappa shape index (κ3) is 2.18. The van der Waals surface area contributed by atoms with Crippen molar-refractivity contribution in [2.24, 2.45) is 0 Å². The summed E-state index contributed by atoms with van der Waals surface area (Å²) in [6.07, 6.45) is 2.86. The van der Waals surface area contributed by atoms with Crippen LogP contribution in [0.25, 0.3) is 10.8 Å². The zero-order valence-corrected chi connectivity index (χ0v) is 9.46. The molecule has 0 aliphatic heterocycles. The number of thioether (sulfide) groups is 1. The monoisotopic (exact) mass is 214 g/mol. The second-order valence-electron chi connectivity index (χ2n) is 4.19. The van der Waals surface area contributed by atoms with Gasteiger partial charge >= 0.3 is 0 Å². The maximum absolute atomic E-state index is 2.32. The second kappa shape index (κ2) is 3.90. The highest BCUT2D eigenvalue weighted by Gasteiger charge is 2.21. The van der Waals surface area contributed by atoms with Crippen molar-refractivity contribution < 1.29 is 0 Å².